The van der Waals surface area contributed by atoms with Crippen molar-refractivity contribution in [3.63, 3.8) is 0 Å². The molecular weight excluding hydrogens is 538 g/mol. The summed E-state index contributed by atoms with van der Waals surface area (Å²) in [6, 6.07) is 5.92. The van der Waals surface area contributed by atoms with Gasteiger partial charge in [0.25, 0.3) is 5.91 Å². The minimum atomic E-state index is -1.35. The van der Waals surface area contributed by atoms with Crippen LogP contribution in [0.5, 0.6) is 0 Å². The highest BCUT2D eigenvalue weighted by Gasteiger charge is 2.37. The molecule has 5 amide bonds. The second-order valence-electron chi connectivity index (χ2n) is 13.3. The molecule has 0 bridgehead atoms. The van der Waals surface area contributed by atoms with E-state index in [2.05, 4.69) is 21.3 Å². The number of benzene rings is 1. The number of nitrogens with one attached hydrogen (secondary N) is 4. The number of hydrogen-bond acceptors (Lipinski definition) is 6. The summed E-state index contributed by atoms with van der Waals surface area (Å²) in [6.45, 7) is 14.5. The first-order valence-electron chi connectivity index (χ1n) is 14.2. The van der Waals surface area contributed by atoms with Crippen LogP contribution >= 0.6 is 0 Å². The molecule has 1 aromatic rings. The van der Waals surface area contributed by atoms with Crippen LogP contribution in [0.1, 0.15) is 79.7 Å². The van der Waals surface area contributed by atoms with Crippen LogP contribution < -0.4 is 21.3 Å². The highest BCUT2D eigenvalue weighted by Crippen LogP contribution is 2.22. The first-order chi connectivity index (χ1) is 19.2. The Kier molecular flexibility index (Phi) is 13.4. The summed E-state index contributed by atoms with van der Waals surface area (Å²) in [4.78, 5) is 78.4. The van der Waals surface area contributed by atoms with Gasteiger partial charge in [-0.2, -0.15) is 0 Å². The van der Waals surface area contributed by atoms with E-state index in [1.54, 1.807) is 20.8 Å². The summed E-state index contributed by atoms with van der Waals surface area (Å²) in [5.74, 6) is -3.98. The fourth-order valence-electron chi connectivity index (χ4n) is 4.00. The van der Waals surface area contributed by atoms with Crippen LogP contribution in [-0.2, 0) is 28.8 Å². The van der Waals surface area contributed by atoms with Crippen LogP contribution in [0.25, 0.3) is 0 Å². The molecule has 1 aromatic carbocycles. The predicted molar refractivity (Wildman–Crippen MR) is 161 cm³/mol. The average Bonchev–Trinajstić information content (AvgIpc) is 2.87. The van der Waals surface area contributed by atoms with Crippen LogP contribution in [-0.4, -0.2) is 79.0 Å². The summed E-state index contributed by atoms with van der Waals surface area (Å²) >= 11 is 0. The Balaban J connectivity index is 2.99. The Labute approximate surface area is 249 Å². The van der Waals surface area contributed by atoms with Crippen molar-refractivity contribution < 1.29 is 28.8 Å². The third-order valence-electron chi connectivity index (χ3n) is 6.55. The van der Waals surface area contributed by atoms with Crippen LogP contribution in [0.3, 0.4) is 0 Å². The molecule has 0 spiro atoms. The maximum absolute atomic E-state index is 13.4. The molecule has 0 heterocycles. The standard InChI is InChI=1S/C31H49N5O6/c1-19(21-14-12-11-13-15-21)18-32-28(41)25(39)20(2)33-27(40)22(16-24(38)36(9)10)34-29(42)26(31(6,7)8)35-23(37)17-30(3,4)5/h11-15,19-20,22,26H,16-18H2,1-10H3,(H,32,41)(H,33,40)(H,34,42)(H,35,37). The molecule has 0 aliphatic heterocycles. The van der Waals surface area contributed by atoms with Crippen LogP contribution in [0.4, 0.5) is 0 Å². The molecule has 4 N–H and O–H groups in total. The summed E-state index contributed by atoms with van der Waals surface area (Å²) < 4.78 is 0. The molecule has 11 heteroatoms. The molecule has 0 saturated heterocycles. The smallest absolute Gasteiger partial charge is 0.289 e. The number of ketones is 1. The lowest BCUT2D eigenvalue weighted by atomic mass is 9.85. The summed E-state index contributed by atoms with van der Waals surface area (Å²) in [7, 11) is 3.02. The topological polar surface area (TPSA) is 154 Å². The van der Waals surface area contributed by atoms with E-state index in [1.165, 1.54) is 25.9 Å². The van der Waals surface area contributed by atoms with Crippen molar-refractivity contribution in [1.82, 2.24) is 26.2 Å². The number of hydrogen-bond donors (Lipinski definition) is 4. The van der Waals surface area contributed by atoms with Gasteiger partial charge in [0.15, 0.2) is 0 Å². The largest absolute Gasteiger partial charge is 0.349 e. The van der Waals surface area contributed by atoms with Crippen LogP contribution in [0.15, 0.2) is 30.3 Å². The Bertz CT molecular complexity index is 1120. The number of nitrogens with zero attached hydrogens (tertiary/aromatic N) is 1. The zero-order valence-electron chi connectivity index (χ0n) is 26.7. The summed E-state index contributed by atoms with van der Waals surface area (Å²) in [5.41, 5.74) is -0.0283. The van der Waals surface area contributed by atoms with Crippen LogP contribution in [0, 0.1) is 10.8 Å². The molecule has 234 valence electrons. The Morgan fingerprint density at radius 2 is 1.38 bits per heavy atom. The van der Waals surface area contributed by atoms with Gasteiger partial charge in [-0.3, -0.25) is 28.8 Å². The number of amides is 5. The first-order valence-corrected chi connectivity index (χ1v) is 14.2. The first kappa shape index (κ1) is 36.3. The Morgan fingerprint density at radius 3 is 1.88 bits per heavy atom. The molecule has 0 saturated carbocycles. The lowest BCUT2D eigenvalue weighted by Crippen LogP contribution is -2.59. The zero-order chi connectivity index (χ0) is 32.4. The average molecular weight is 588 g/mol. The molecule has 0 aromatic heterocycles. The van der Waals surface area contributed by atoms with Crippen molar-refractivity contribution in [3.05, 3.63) is 35.9 Å². The van der Waals surface area contributed by atoms with E-state index in [1.807, 2.05) is 58.0 Å². The SMILES string of the molecule is CC(NC(=O)C(CC(=O)N(C)C)NC(=O)C(NC(=O)CC(C)(C)C)C(C)(C)C)C(=O)C(=O)NCC(C)c1ccccc1. The number of rotatable bonds is 13. The Morgan fingerprint density at radius 1 is 0.810 bits per heavy atom. The van der Waals surface area contributed by atoms with Crippen LogP contribution in [0.2, 0.25) is 0 Å². The van der Waals surface area contributed by atoms with Crippen molar-refractivity contribution in [2.45, 2.75) is 92.3 Å². The lowest BCUT2D eigenvalue weighted by Gasteiger charge is -2.33. The highest BCUT2D eigenvalue weighted by atomic mass is 16.2. The summed E-state index contributed by atoms with van der Waals surface area (Å²) in [6.07, 6.45) is -0.208. The van der Waals surface area contributed by atoms with E-state index in [0.29, 0.717) is 0 Å². The zero-order valence-corrected chi connectivity index (χ0v) is 26.7. The van der Waals surface area contributed by atoms with E-state index in [9.17, 15) is 28.8 Å². The molecule has 0 aliphatic carbocycles. The third-order valence-corrected chi connectivity index (χ3v) is 6.55. The van der Waals surface area contributed by atoms with Gasteiger partial charge in [0.1, 0.15) is 12.1 Å². The van der Waals surface area contributed by atoms with Gasteiger partial charge in [-0.1, -0.05) is 78.8 Å². The van der Waals surface area contributed by atoms with Crippen molar-refractivity contribution in [2.24, 2.45) is 10.8 Å². The van der Waals surface area contributed by atoms with Crippen molar-refractivity contribution in [3.8, 4) is 0 Å². The second kappa shape index (κ2) is 15.5. The fourth-order valence-corrected chi connectivity index (χ4v) is 4.00. The van der Waals surface area contributed by atoms with Crippen molar-refractivity contribution in [2.75, 3.05) is 20.6 Å². The van der Waals surface area contributed by atoms with E-state index < -0.39 is 53.0 Å². The molecule has 1 rings (SSSR count). The maximum atomic E-state index is 13.4. The second-order valence-corrected chi connectivity index (χ2v) is 13.3. The molecule has 11 nitrogen and oxygen atoms in total. The van der Waals surface area contributed by atoms with Gasteiger partial charge < -0.3 is 26.2 Å². The number of carbonyl (C=O) groups is 6. The van der Waals surface area contributed by atoms with Crippen molar-refractivity contribution in [1.29, 1.82) is 0 Å². The minimum Gasteiger partial charge on any atom is -0.349 e. The molecule has 4 atom stereocenters. The number of Topliss-reactive ketones (excluding diaryl/α,β-unsaturated/α-hetero) is 1. The molecule has 0 fully saturated rings. The Hall–Kier alpha value is -3.76. The van der Waals surface area contributed by atoms with Gasteiger partial charge in [0.2, 0.25) is 29.4 Å². The normalized spacial score (nSPS) is 14.4. The van der Waals surface area contributed by atoms with E-state index >= 15 is 0 Å². The van der Waals surface area contributed by atoms with E-state index in [0.717, 1.165) is 5.56 Å². The lowest BCUT2D eigenvalue weighted by molar-refractivity contribution is -0.141. The van der Waals surface area contributed by atoms with Gasteiger partial charge in [-0.15, -0.1) is 0 Å². The van der Waals surface area contributed by atoms with Crippen molar-refractivity contribution >= 4 is 35.3 Å². The van der Waals surface area contributed by atoms with E-state index in [-0.39, 0.29) is 36.6 Å². The number of carbonyl (C=O) groups excluding carboxylic acids is 6. The maximum Gasteiger partial charge on any atom is 0.289 e. The van der Waals surface area contributed by atoms with Gasteiger partial charge in [-0.25, -0.2) is 0 Å². The molecule has 4 unspecified atom stereocenters. The monoisotopic (exact) mass is 587 g/mol. The third kappa shape index (κ3) is 12.4. The van der Waals surface area contributed by atoms with Gasteiger partial charge in [0.05, 0.1) is 12.5 Å². The minimum absolute atomic E-state index is 0.0378. The summed E-state index contributed by atoms with van der Waals surface area (Å²) in [5, 5.41) is 10.4. The van der Waals surface area contributed by atoms with Gasteiger partial charge in [-0.05, 0) is 29.2 Å². The quantitative estimate of drug-likeness (QED) is 0.259. The fraction of sp³-hybridized carbons (Fsp3) is 0.613. The van der Waals surface area contributed by atoms with Gasteiger partial charge in [0, 0.05) is 27.1 Å². The highest BCUT2D eigenvalue weighted by molar-refractivity contribution is 6.38. The molecule has 0 aliphatic rings. The molecule has 0 radical (unpaired) electrons. The van der Waals surface area contributed by atoms with E-state index in [4.69, 9.17) is 0 Å². The molecular formula is C31H49N5O6. The molecule has 42 heavy (non-hydrogen) atoms. The predicted octanol–water partition coefficient (Wildman–Crippen LogP) is 1.91. The van der Waals surface area contributed by atoms with Gasteiger partial charge >= 0.3 is 0 Å².